The molecule has 0 saturated carbocycles. The molecule has 1 N–H and O–H groups in total. The van der Waals surface area contributed by atoms with E-state index in [1.165, 1.54) is 11.8 Å². The Morgan fingerprint density at radius 1 is 1.32 bits per heavy atom. The minimum absolute atomic E-state index is 0.217. The Labute approximate surface area is 116 Å². The van der Waals surface area contributed by atoms with Crippen molar-refractivity contribution in [1.82, 2.24) is 15.1 Å². The van der Waals surface area contributed by atoms with Gasteiger partial charge in [-0.2, -0.15) is 5.10 Å². The first kappa shape index (κ1) is 16.2. The van der Waals surface area contributed by atoms with Gasteiger partial charge in [0, 0.05) is 30.6 Å². The molecule has 0 unspecified atom stereocenters. The summed E-state index contributed by atoms with van der Waals surface area (Å²) < 4.78 is 24.1. The molecule has 0 saturated heterocycles. The molecular formula is C13H25N3O2S. The van der Waals surface area contributed by atoms with Gasteiger partial charge in [-0.3, -0.25) is 4.68 Å². The molecule has 0 fully saturated rings. The predicted molar refractivity (Wildman–Crippen MR) is 78.0 cm³/mol. The van der Waals surface area contributed by atoms with Crippen molar-refractivity contribution >= 4 is 9.84 Å². The minimum Gasteiger partial charge on any atom is -0.313 e. The van der Waals surface area contributed by atoms with E-state index in [4.69, 9.17) is 0 Å². The molecule has 110 valence electrons. The summed E-state index contributed by atoms with van der Waals surface area (Å²) in [6, 6.07) is 0. The van der Waals surface area contributed by atoms with Gasteiger partial charge >= 0.3 is 0 Å². The van der Waals surface area contributed by atoms with Gasteiger partial charge in [0.1, 0.15) is 9.84 Å². The zero-order chi connectivity index (χ0) is 14.5. The third-order valence-corrected chi connectivity index (χ3v) is 4.18. The lowest BCUT2D eigenvalue weighted by molar-refractivity contribution is 0.565. The molecule has 1 aromatic heterocycles. The van der Waals surface area contributed by atoms with Crippen LogP contribution in [0.4, 0.5) is 0 Å². The number of hydrogen-bond acceptors (Lipinski definition) is 4. The van der Waals surface area contributed by atoms with Crippen LogP contribution in [0.1, 0.15) is 36.7 Å². The molecule has 5 nitrogen and oxygen atoms in total. The van der Waals surface area contributed by atoms with Gasteiger partial charge in [0.15, 0.2) is 0 Å². The number of sulfone groups is 1. The molecule has 0 bridgehead atoms. The fraction of sp³-hybridized carbons (Fsp3) is 0.769. The Bertz CT molecular complexity index is 506. The lowest BCUT2D eigenvalue weighted by atomic mass is 10.2. The normalized spacial score (nSPS) is 12.0. The Kier molecular flexibility index (Phi) is 6.00. The number of nitrogens with zero attached hydrogens (tertiary/aromatic N) is 2. The molecule has 1 aromatic rings. The summed E-state index contributed by atoms with van der Waals surface area (Å²) in [6.07, 6.45) is 3.00. The summed E-state index contributed by atoms with van der Waals surface area (Å²) >= 11 is 0. The molecule has 6 heteroatoms. The maximum absolute atomic E-state index is 11.1. The number of aryl methyl sites for hydroxylation is 2. The summed E-state index contributed by atoms with van der Waals surface area (Å²) in [5, 5.41) is 7.87. The highest BCUT2D eigenvalue weighted by Gasteiger charge is 2.11. The van der Waals surface area contributed by atoms with Gasteiger partial charge in [0.2, 0.25) is 0 Å². The van der Waals surface area contributed by atoms with Crippen LogP contribution in [-0.2, 0) is 22.9 Å². The highest BCUT2D eigenvalue weighted by Crippen LogP contribution is 2.13. The molecule has 0 aliphatic carbocycles. The van der Waals surface area contributed by atoms with Gasteiger partial charge in [-0.05, 0) is 33.2 Å². The molecule has 0 aromatic carbocycles. The SMILES string of the molecule is CCCNCc1c(C)nn(CCCS(C)(=O)=O)c1C. The van der Waals surface area contributed by atoms with E-state index in [1.807, 2.05) is 18.5 Å². The van der Waals surface area contributed by atoms with Crippen LogP contribution in [0.5, 0.6) is 0 Å². The van der Waals surface area contributed by atoms with Crippen molar-refractivity contribution in [3.63, 3.8) is 0 Å². The Morgan fingerprint density at radius 3 is 2.58 bits per heavy atom. The number of aromatic nitrogens is 2. The van der Waals surface area contributed by atoms with Gasteiger partial charge < -0.3 is 5.32 Å². The summed E-state index contributed by atoms with van der Waals surface area (Å²) in [5.74, 6) is 0.217. The number of rotatable bonds is 8. The lowest BCUT2D eigenvalue weighted by Crippen LogP contribution is -2.15. The largest absolute Gasteiger partial charge is 0.313 e. The van der Waals surface area contributed by atoms with Crippen molar-refractivity contribution < 1.29 is 8.42 Å². The molecule has 0 amide bonds. The fourth-order valence-electron chi connectivity index (χ4n) is 2.07. The van der Waals surface area contributed by atoms with Crippen LogP contribution in [0.2, 0.25) is 0 Å². The second kappa shape index (κ2) is 7.05. The van der Waals surface area contributed by atoms with Crippen molar-refractivity contribution in [2.24, 2.45) is 0 Å². The lowest BCUT2D eigenvalue weighted by Gasteiger charge is -2.06. The molecule has 0 radical (unpaired) electrons. The molecule has 0 spiro atoms. The van der Waals surface area contributed by atoms with E-state index >= 15 is 0 Å². The van der Waals surface area contributed by atoms with Gasteiger partial charge in [-0.1, -0.05) is 6.92 Å². The average Bonchev–Trinajstić information content (AvgIpc) is 2.55. The molecule has 19 heavy (non-hydrogen) atoms. The first-order valence-corrected chi connectivity index (χ1v) is 8.82. The number of nitrogens with one attached hydrogen (secondary N) is 1. The van der Waals surface area contributed by atoms with Crippen molar-refractivity contribution in [3.8, 4) is 0 Å². The van der Waals surface area contributed by atoms with Crippen LogP contribution in [0.15, 0.2) is 0 Å². The maximum Gasteiger partial charge on any atom is 0.147 e. The van der Waals surface area contributed by atoms with Crippen LogP contribution in [0.25, 0.3) is 0 Å². The van der Waals surface area contributed by atoms with Crippen LogP contribution in [-0.4, -0.2) is 36.8 Å². The highest BCUT2D eigenvalue weighted by molar-refractivity contribution is 7.90. The number of hydrogen-bond donors (Lipinski definition) is 1. The van der Waals surface area contributed by atoms with Crippen molar-refractivity contribution in [3.05, 3.63) is 17.0 Å². The van der Waals surface area contributed by atoms with Gasteiger partial charge in [-0.25, -0.2) is 8.42 Å². The minimum atomic E-state index is -2.88. The van der Waals surface area contributed by atoms with E-state index in [0.29, 0.717) is 13.0 Å². The molecular weight excluding hydrogens is 262 g/mol. The van der Waals surface area contributed by atoms with E-state index in [0.717, 1.165) is 30.9 Å². The molecule has 1 heterocycles. The Balaban J connectivity index is 2.62. The maximum atomic E-state index is 11.1. The fourth-order valence-corrected chi connectivity index (χ4v) is 2.73. The van der Waals surface area contributed by atoms with E-state index < -0.39 is 9.84 Å². The second-order valence-electron chi connectivity index (χ2n) is 5.03. The quantitative estimate of drug-likeness (QED) is 0.735. The molecule has 0 atom stereocenters. The summed E-state index contributed by atoms with van der Waals surface area (Å²) in [4.78, 5) is 0. The summed E-state index contributed by atoms with van der Waals surface area (Å²) in [6.45, 7) is 8.68. The monoisotopic (exact) mass is 287 g/mol. The van der Waals surface area contributed by atoms with Crippen LogP contribution in [0, 0.1) is 13.8 Å². The van der Waals surface area contributed by atoms with Gasteiger partial charge in [0.25, 0.3) is 0 Å². The standard InChI is InChI=1S/C13H25N3O2S/c1-5-7-14-10-13-11(2)15-16(12(13)3)8-6-9-19(4,17)18/h14H,5-10H2,1-4H3. The highest BCUT2D eigenvalue weighted by atomic mass is 32.2. The topological polar surface area (TPSA) is 64.0 Å². The van der Waals surface area contributed by atoms with E-state index in [1.54, 1.807) is 0 Å². The summed E-state index contributed by atoms with van der Waals surface area (Å²) in [7, 11) is -2.88. The Morgan fingerprint density at radius 2 is 2.00 bits per heavy atom. The second-order valence-corrected chi connectivity index (χ2v) is 7.29. The average molecular weight is 287 g/mol. The third kappa shape index (κ3) is 5.32. The molecule has 0 aliphatic heterocycles. The van der Waals surface area contributed by atoms with E-state index in [9.17, 15) is 8.42 Å². The van der Waals surface area contributed by atoms with Crippen LogP contribution >= 0.6 is 0 Å². The van der Waals surface area contributed by atoms with Gasteiger partial charge in [-0.15, -0.1) is 0 Å². The van der Waals surface area contributed by atoms with Crippen molar-refractivity contribution in [2.45, 2.75) is 46.7 Å². The predicted octanol–water partition coefficient (Wildman–Crippen LogP) is 1.43. The molecule has 1 rings (SSSR count). The van der Waals surface area contributed by atoms with Crippen molar-refractivity contribution in [1.29, 1.82) is 0 Å². The van der Waals surface area contributed by atoms with E-state index in [-0.39, 0.29) is 5.75 Å². The first-order chi connectivity index (χ1) is 8.85. The van der Waals surface area contributed by atoms with E-state index in [2.05, 4.69) is 17.3 Å². The van der Waals surface area contributed by atoms with Gasteiger partial charge in [0.05, 0.1) is 11.4 Å². The zero-order valence-corrected chi connectivity index (χ0v) is 13.2. The third-order valence-electron chi connectivity index (χ3n) is 3.14. The zero-order valence-electron chi connectivity index (χ0n) is 12.4. The Hall–Kier alpha value is -0.880. The molecule has 0 aliphatic rings. The van der Waals surface area contributed by atoms with Crippen LogP contribution in [0.3, 0.4) is 0 Å². The van der Waals surface area contributed by atoms with Crippen molar-refractivity contribution in [2.75, 3.05) is 18.6 Å². The summed E-state index contributed by atoms with van der Waals surface area (Å²) in [5.41, 5.74) is 3.39. The smallest absolute Gasteiger partial charge is 0.147 e. The first-order valence-electron chi connectivity index (χ1n) is 6.76. The van der Waals surface area contributed by atoms with Crippen LogP contribution < -0.4 is 5.32 Å².